The lowest BCUT2D eigenvalue weighted by Gasteiger charge is -2.01. The molecule has 0 aliphatic rings. The number of anilines is 1. The second-order valence-corrected chi connectivity index (χ2v) is 6.59. The Bertz CT molecular complexity index is 875. The molecule has 0 atom stereocenters. The van der Waals surface area contributed by atoms with Gasteiger partial charge in [-0.15, -0.1) is 11.7 Å². The van der Waals surface area contributed by atoms with Gasteiger partial charge in [0, 0.05) is 0 Å². The van der Waals surface area contributed by atoms with E-state index in [0.29, 0.717) is 16.8 Å². The van der Waals surface area contributed by atoms with Gasteiger partial charge in [-0.05, 0) is 28.6 Å². The van der Waals surface area contributed by atoms with Crippen LogP contribution in [0.5, 0.6) is 5.75 Å². The Hall–Kier alpha value is -2.46. The number of allylic oxidation sites excluding steroid dienone is 1. The molecule has 0 fully saturated rings. The third-order valence-corrected chi connectivity index (χ3v) is 4.87. The molecule has 1 N–H and O–H groups in total. The Morgan fingerprint density at radius 3 is 3.21 bits per heavy atom. The summed E-state index contributed by atoms with van der Waals surface area (Å²) in [4.78, 5) is 16.5. The van der Waals surface area contributed by atoms with Crippen LogP contribution in [0, 0.1) is 0 Å². The summed E-state index contributed by atoms with van der Waals surface area (Å²) in [6.45, 7) is 4.14. The van der Waals surface area contributed by atoms with Crippen molar-refractivity contribution in [3.63, 3.8) is 0 Å². The van der Waals surface area contributed by atoms with Gasteiger partial charge in [0.1, 0.15) is 5.75 Å². The van der Waals surface area contributed by atoms with E-state index in [2.05, 4.69) is 32.4 Å². The molecule has 2 aromatic heterocycles. The molecule has 0 aliphatic heterocycles. The van der Waals surface area contributed by atoms with Crippen LogP contribution >= 0.6 is 23.1 Å². The molecule has 3 aromatic rings. The van der Waals surface area contributed by atoms with Gasteiger partial charge in [-0.1, -0.05) is 29.2 Å². The molecule has 2 heterocycles. The van der Waals surface area contributed by atoms with Gasteiger partial charge in [0.05, 0.1) is 29.6 Å². The van der Waals surface area contributed by atoms with E-state index in [1.54, 1.807) is 17.9 Å². The van der Waals surface area contributed by atoms with Crippen molar-refractivity contribution in [2.24, 2.45) is 0 Å². The molecule has 0 radical (unpaired) electrons. The minimum Gasteiger partial charge on any atom is -0.497 e. The molecule has 1 aromatic carbocycles. The van der Waals surface area contributed by atoms with Gasteiger partial charge < -0.3 is 10.1 Å². The van der Waals surface area contributed by atoms with Crippen LogP contribution in [-0.4, -0.2) is 44.0 Å². The summed E-state index contributed by atoms with van der Waals surface area (Å²) in [5.41, 5.74) is 0.818. The summed E-state index contributed by atoms with van der Waals surface area (Å²) in [6, 6.07) is 5.59. The number of nitrogens with one attached hydrogen (secondary N) is 1. The zero-order valence-corrected chi connectivity index (χ0v) is 14.4. The van der Waals surface area contributed by atoms with Crippen LogP contribution in [0.25, 0.3) is 10.2 Å². The molecule has 0 saturated carbocycles. The fourth-order valence-electron chi connectivity index (χ4n) is 1.91. The molecule has 0 aliphatic carbocycles. The number of thioether (sulfide) groups is 1. The lowest BCUT2D eigenvalue weighted by molar-refractivity contribution is -0.113. The first kappa shape index (κ1) is 16.4. The maximum absolute atomic E-state index is 12.1. The van der Waals surface area contributed by atoms with Crippen LogP contribution in [0.2, 0.25) is 0 Å². The maximum Gasteiger partial charge on any atom is 0.236 e. The number of nitrogens with zero attached hydrogens (tertiary/aromatic N) is 5. The number of hydrogen-bond donors (Lipinski definition) is 1. The fraction of sp³-hybridized carbons (Fsp3) is 0.214. The quantitative estimate of drug-likeness (QED) is 0.508. The predicted octanol–water partition coefficient (Wildman–Crippen LogP) is 2.21. The standard InChI is InChI=1S/C14H14N6O2S2/c1-3-6-20-14(17-18-19-20)23-8-12(21)16-13-15-10-5-4-9(22-2)7-11(10)24-13/h3-5,7H,1,6,8H2,2H3,(H,15,16,21). The monoisotopic (exact) mass is 362 g/mol. The van der Waals surface area contributed by atoms with E-state index in [-0.39, 0.29) is 11.7 Å². The highest BCUT2D eigenvalue weighted by Gasteiger charge is 2.12. The maximum atomic E-state index is 12.1. The first-order chi connectivity index (χ1) is 11.7. The Kier molecular flexibility index (Phi) is 5.06. The highest BCUT2D eigenvalue weighted by atomic mass is 32.2. The average molecular weight is 362 g/mol. The zero-order chi connectivity index (χ0) is 16.9. The number of hydrogen-bond acceptors (Lipinski definition) is 8. The number of carbonyl (C=O) groups excluding carboxylic acids is 1. The fourth-order valence-corrected chi connectivity index (χ4v) is 3.50. The third kappa shape index (κ3) is 3.71. The zero-order valence-electron chi connectivity index (χ0n) is 12.8. The summed E-state index contributed by atoms with van der Waals surface area (Å²) in [7, 11) is 1.61. The Balaban J connectivity index is 1.62. The van der Waals surface area contributed by atoms with Gasteiger partial charge in [-0.2, -0.15) is 0 Å². The van der Waals surface area contributed by atoms with E-state index in [1.165, 1.54) is 23.1 Å². The first-order valence-electron chi connectivity index (χ1n) is 6.94. The summed E-state index contributed by atoms with van der Waals surface area (Å²) in [6.07, 6.45) is 1.69. The Morgan fingerprint density at radius 2 is 2.42 bits per heavy atom. The van der Waals surface area contributed by atoms with Crippen LogP contribution < -0.4 is 10.1 Å². The minimum absolute atomic E-state index is 0.167. The van der Waals surface area contributed by atoms with Gasteiger partial charge >= 0.3 is 0 Å². The van der Waals surface area contributed by atoms with E-state index in [9.17, 15) is 4.79 Å². The molecule has 0 bridgehead atoms. The van der Waals surface area contributed by atoms with E-state index < -0.39 is 0 Å². The number of carbonyl (C=O) groups is 1. The SMILES string of the molecule is C=CCn1nnnc1SCC(=O)Nc1nc2ccc(OC)cc2s1. The summed E-state index contributed by atoms with van der Waals surface area (Å²) < 4.78 is 7.71. The molecular weight excluding hydrogens is 348 g/mol. The van der Waals surface area contributed by atoms with E-state index >= 15 is 0 Å². The second-order valence-electron chi connectivity index (χ2n) is 4.62. The Morgan fingerprint density at radius 1 is 1.54 bits per heavy atom. The smallest absolute Gasteiger partial charge is 0.236 e. The number of tetrazole rings is 1. The van der Waals surface area contributed by atoms with Crippen molar-refractivity contribution in [2.45, 2.75) is 11.7 Å². The largest absolute Gasteiger partial charge is 0.497 e. The number of fused-ring (bicyclic) bond motifs is 1. The van der Waals surface area contributed by atoms with Gasteiger partial charge in [0.15, 0.2) is 5.13 Å². The van der Waals surface area contributed by atoms with Crippen molar-refractivity contribution in [1.29, 1.82) is 0 Å². The van der Waals surface area contributed by atoms with Crippen LogP contribution in [0.15, 0.2) is 36.0 Å². The number of thiazole rings is 1. The van der Waals surface area contributed by atoms with Gasteiger partial charge in [0.25, 0.3) is 0 Å². The van der Waals surface area contributed by atoms with Gasteiger partial charge in [-0.3, -0.25) is 4.79 Å². The third-order valence-electron chi connectivity index (χ3n) is 2.98. The molecule has 1 amide bonds. The van der Waals surface area contributed by atoms with Gasteiger partial charge in [0.2, 0.25) is 11.1 Å². The normalized spacial score (nSPS) is 10.7. The van der Waals surface area contributed by atoms with Crippen molar-refractivity contribution in [2.75, 3.05) is 18.2 Å². The highest BCUT2D eigenvalue weighted by molar-refractivity contribution is 7.99. The topological polar surface area (TPSA) is 94.8 Å². The van der Waals surface area contributed by atoms with Crippen LogP contribution in [0.3, 0.4) is 0 Å². The molecule has 3 rings (SSSR count). The van der Waals surface area contributed by atoms with E-state index in [0.717, 1.165) is 16.0 Å². The molecule has 124 valence electrons. The number of methoxy groups -OCH3 is 1. The van der Waals surface area contributed by atoms with Gasteiger partial charge in [-0.25, -0.2) is 9.67 Å². The number of amides is 1. The first-order valence-corrected chi connectivity index (χ1v) is 8.74. The molecule has 0 spiro atoms. The Labute approximate surface area is 145 Å². The summed E-state index contributed by atoms with van der Waals surface area (Å²) >= 11 is 2.66. The summed E-state index contributed by atoms with van der Waals surface area (Å²) in [5, 5.41) is 15.2. The minimum atomic E-state index is -0.167. The van der Waals surface area contributed by atoms with Crippen LogP contribution in [0.1, 0.15) is 0 Å². The molecule has 24 heavy (non-hydrogen) atoms. The molecule has 0 unspecified atom stereocenters. The summed E-state index contributed by atoms with van der Waals surface area (Å²) in [5.74, 6) is 0.782. The lowest BCUT2D eigenvalue weighted by Crippen LogP contribution is -2.14. The molecular formula is C14H14N6O2S2. The molecule has 0 saturated heterocycles. The van der Waals surface area contributed by atoms with Crippen molar-refractivity contribution in [1.82, 2.24) is 25.2 Å². The second kappa shape index (κ2) is 7.41. The number of ether oxygens (including phenoxy) is 1. The number of aromatic nitrogens is 5. The highest BCUT2D eigenvalue weighted by Crippen LogP contribution is 2.29. The molecule has 10 heteroatoms. The van der Waals surface area contributed by atoms with Crippen molar-refractivity contribution >= 4 is 44.4 Å². The van der Waals surface area contributed by atoms with E-state index in [4.69, 9.17) is 4.74 Å². The predicted molar refractivity (Wildman–Crippen MR) is 93.5 cm³/mol. The number of benzene rings is 1. The van der Waals surface area contributed by atoms with Crippen molar-refractivity contribution < 1.29 is 9.53 Å². The van der Waals surface area contributed by atoms with Crippen LogP contribution in [-0.2, 0) is 11.3 Å². The lowest BCUT2D eigenvalue weighted by atomic mass is 10.3. The van der Waals surface area contributed by atoms with Crippen LogP contribution in [0.4, 0.5) is 5.13 Å². The van der Waals surface area contributed by atoms with E-state index in [1.807, 2.05) is 18.2 Å². The van der Waals surface area contributed by atoms with Crippen molar-refractivity contribution in [3.8, 4) is 5.75 Å². The van der Waals surface area contributed by atoms with Crippen molar-refractivity contribution in [3.05, 3.63) is 30.9 Å². The average Bonchev–Trinajstić information content (AvgIpc) is 3.18. The molecule has 8 nitrogen and oxygen atoms in total. The number of rotatable bonds is 7.